The highest BCUT2D eigenvalue weighted by atomic mass is 16.5. The van der Waals surface area contributed by atoms with Crippen molar-refractivity contribution >= 4 is 0 Å². The Bertz CT molecular complexity index is 660. The number of hydrogen-bond donors (Lipinski definition) is 0. The van der Waals surface area contributed by atoms with Gasteiger partial charge in [0.2, 0.25) is 0 Å². The largest absolute Gasteiger partial charge is 0.497 e. The average Bonchev–Trinajstić information content (AvgIpc) is 2.48. The number of aromatic nitrogens is 1. The van der Waals surface area contributed by atoms with E-state index < -0.39 is 0 Å². The lowest BCUT2D eigenvalue weighted by Crippen LogP contribution is -1.97. The second kappa shape index (κ2) is 6.07. The third-order valence-corrected chi connectivity index (χ3v) is 2.94. The van der Waals surface area contributed by atoms with E-state index in [4.69, 9.17) is 14.7 Å². The molecule has 4 heteroatoms. The number of hydrogen-bond acceptors (Lipinski definition) is 4. The number of benzene rings is 1. The molecule has 0 fully saturated rings. The molecule has 0 unspecified atom stereocenters. The molecule has 0 atom stereocenters. The van der Waals surface area contributed by atoms with Crippen LogP contribution in [-0.2, 0) is 6.42 Å². The summed E-state index contributed by atoms with van der Waals surface area (Å²) in [6, 6.07) is 11.0. The van der Waals surface area contributed by atoms with E-state index in [9.17, 15) is 0 Å². The van der Waals surface area contributed by atoms with Crippen molar-refractivity contribution in [2.24, 2.45) is 0 Å². The standard InChI is InChI=1S/C16H16N2O2/c1-4-14-15(8-5-11(2)18-14)20-16-9-13(19-3)7-6-12(16)10-17/h5-9H,4H2,1-3H3. The smallest absolute Gasteiger partial charge is 0.148 e. The van der Waals surface area contributed by atoms with Crippen LogP contribution in [0.25, 0.3) is 0 Å². The van der Waals surface area contributed by atoms with Gasteiger partial charge in [0.15, 0.2) is 0 Å². The number of rotatable bonds is 4. The molecule has 0 amide bonds. The SMILES string of the molecule is CCc1nc(C)ccc1Oc1cc(OC)ccc1C#N. The molecule has 0 aliphatic carbocycles. The maximum atomic E-state index is 9.14. The molecule has 4 nitrogen and oxygen atoms in total. The lowest BCUT2D eigenvalue weighted by Gasteiger charge is -2.12. The van der Waals surface area contributed by atoms with Crippen molar-refractivity contribution in [3.8, 4) is 23.3 Å². The normalized spacial score (nSPS) is 9.90. The van der Waals surface area contributed by atoms with Crippen LogP contribution in [0.2, 0.25) is 0 Å². The molecule has 20 heavy (non-hydrogen) atoms. The fourth-order valence-electron chi connectivity index (χ4n) is 1.87. The summed E-state index contributed by atoms with van der Waals surface area (Å²) in [7, 11) is 1.58. The second-order valence-corrected chi connectivity index (χ2v) is 4.33. The van der Waals surface area contributed by atoms with Crippen LogP contribution >= 0.6 is 0 Å². The summed E-state index contributed by atoms with van der Waals surface area (Å²) in [6.07, 6.45) is 0.767. The molecule has 0 aliphatic heterocycles. The molecule has 0 aliphatic rings. The minimum absolute atomic E-state index is 0.466. The van der Waals surface area contributed by atoms with E-state index in [-0.39, 0.29) is 0 Å². The summed E-state index contributed by atoms with van der Waals surface area (Å²) in [6.45, 7) is 3.96. The predicted octanol–water partition coefficient (Wildman–Crippen LogP) is 3.63. The Morgan fingerprint density at radius 1 is 1.20 bits per heavy atom. The Balaban J connectivity index is 2.41. The molecule has 0 saturated carbocycles. The van der Waals surface area contributed by atoms with Gasteiger partial charge in [-0.15, -0.1) is 0 Å². The highest BCUT2D eigenvalue weighted by Crippen LogP contribution is 2.30. The fourth-order valence-corrected chi connectivity index (χ4v) is 1.87. The number of nitrogens with zero attached hydrogens (tertiary/aromatic N) is 2. The van der Waals surface area contributed by atoms with Crippen LogP contribution in [0.15, 0.2) is 30.3 Å². The van der Waals surface area contributed by atoms with Crippen molar-refractivity contribution in [1.29, 1.82) is 5.26 Å². The Hall–Kier alpha value is -2.54. The minimum atomic E-state index is 0.466. The van der Waals surface area contributed by atoms with E-state index >= 15 is 0 Å². The summed E-state index contributed by atoms with van der Waals surface area (Å²) in [5.41, 5.74) is 2.28. The first-order chi connectivity index (χ1) is 9.67. The van der Waals surface area contributed by atoms with Gasteiger partial charge in [0, 0.05) is 11.8 Å². The third-order valence-electron chi connectivity index (χ3n) is 2.94. The topological polar surface area (TPSA) is 55.1 Å². The van der Waals surface area contributed by atoms with Crippen LogP contribution in [-0.4, -0.2) is 12.1 Å². The van der Waals surface area contributed by atoms with Crippen LogP contribution in [0, 0.1) is 18.3 Å². The molecule has 0 radical (unpaired) electrons. The first kappa shape index (κ1) is 13.9. The summed E-state index contributed by atoms with van der Waals surface area (Å²) in [4.78, 5) is 4.45. The zero-order valence-electron chi connectivity index (χ0n) is 11.8. The number of nitriles is 1. The van der Waals surface area contributed by atoms with Gasteiger partial charge in [-0.3, -0.25) is 4.98 Å². The van der Waals surface area contributed by atoms with Gasteiger partial charge in [0.25, 0.3) is 0 Å². The first-order valence-electron chi connectivity index (χ1n) is 6.40. The summed E-state index contributed by atoms with van der Waals surface area (Å²) in [5.74, 6) is 1.80. The lowest BCUT2D eigenvalue weighted by atomic mass is 10.2. The third kappa shape index (κ3) is 2.89. The van der Waals surface area contributed by atoms with E-state index in [2.05, 4.69) is 11.1 Å². The molecule has 0 saturated heterocycles. The van der Waals surface area contributed by atoms with E-state index in [1.54, 1.807) is 25.3 Å². The van der Waals surface area contributed by atoms with E-state index in [1.807, 2.05) is 26.0 Å². The van der Waals surface area contributed by atoms with E-state index in [0.717, 1.165) is 17.8 Å². The molecule has 1 aromatic carbocycles. The first-order valence-corrected chi connectivity index (χ1v) is 6.40. The second-order valence-electron chi connectivity index (χ2n) is 4.33. The molecular weight excluding hydrogens is 252 g/mol. The highest BCUT2D eigenvalue weighted by molar-refractivity contribution is 5.49. The van der Waals surface area contributed by atoms with Crippen LogP contribution in [0.5, 0.6) is 17.2 Å². The van der Waals surface area contributed by atoms with Gasteiger partial charge >= 0.3 is 0 Å². The van der Waals surface area contributed by atoms with Crippen molar-refractivity contribution in [2.45, 2.75) is 20.3 Å². The molecule has 0 bridgehead atoms. The maximum absolute atomic E-state index is 9.14. The van der Waals surface area contributed by atoms with Crippen LogP contribution in [0.4, 0.5) is 0 Å². The summed E-state index contributed by atoms with van der Waals surface area (Å²) in [5, 5.41) is 9.14. The number of pyridine rings is 1. The summed E-state index contributed by atoms with van der Waals surface area (Å²) < 4.78 is 11.0. The van der Waals surface area contributed by atoms with Crippen LogP contribution in [0.1, 0.15) is 23.9 Å². The van der Waals surface area contributed by atoms with Crippen LogP contribution in [0.3, 0.4) is 0 Å². The van der Waals surface area contributed by atoms with Crippen molar-refractivity contribution in [1.82, 2.24) is 4.98 Å². The number of ether oxygens (including phenoxy) is 2. The molecule has 0 spiro atoms. The van der Waals surface area contributed by atoms with Crippen molar-refractivity contribution in [2.75, 3.05) is 7.11 Å². The van der Waals surface area contributed by atoms with Gasteiger partial charge < -0.3 is 9.47 Å². The zero-order chi connectivity index (χ0) is 14.5. The van der Waals surface area contributed by atoms with Gasteiger partial charge in [-0.1, -0.05) is 6.92 Å². The van der Waals surface area contributed by atoms with Gasteiger partial charge in [-0.2, -0.15) is 5.26 Å². The minimum Gasteiger partial charge on any atom is -0.497 e. The van der Waals surface area contributed by atoms with Crippen molar-refractivity contribution in [3.05, 3.63) is 47.3 Å². The molecule has 2 aromatic rings. The number of methoxy groups -OCH3 is 1. The maximum Gasteiger partial charge on any atom is 0.148 e. The lowest BCUT2D eigenvalue weighted by molar-refractivity contribution is 0.408. The average molecular weight is 268 g/mol. The monoisotopic (exact) mass is 268 g/mol. The van der Waals surface area contributed by atoms with Crippen molar-refractivity contribution in [3.63, 3.8) is 0 Å². The molecule has 1 aromatic heterocycles. The molecule has 1 heterocycles. The van der Waals surface area contributed by atoms with Gasteiger partial charge in [0.05, 0.1) is 18.4 Å². The highest BCUT2D eigenvalue weighted by Gasteiger charge is 2.10. The Kier molecular flexibility index (Phi) is 4.21. The quantitative estimate of drug-likeness (QED) is 0.849. The van der Waals surface area contributed by atoms with E-state index in [1.165, 1.54) is 0 Å². The van der Waals surface area contributed by atoms with Crippen LogP contribution < -0.4 is 9.47 Å². The molecule has 2 rings (SSSR count). The molecular formula is C16H16N2O2. The molecule has 0 N–H and O–H groups in total. The zero-order valence-corrected chi connectivity index (χ0v) is 11.8. The fraction of sp³-hybridized carbons (Fsp3) is 0.250. The Morgan fingerprint density at radius 3 is 2.65 bits per heavy atom. The van der Waals surface area contributed by atoms with Gasteiger partial charge in [0.1, 0.15) is 23.3 Å². The van der Waals surface area contributed by atoms with Crippen molar-refractivity contribution < 1.29 is 9.47 Å². The predicted molar refractivity (Wildman–Crippen MR) is 76.1 cm³/mol. The number of aryl methyl sites for hydroxylation is 2. The molecule has 102 valence electrons. The van der Waals surface area contributed by atoms with Gasteiger partial charge in [-0.25, -0.2) is 0 Å². The van der Waals surface area contributed by atoms with E-state index in [0.29, 0.717) is 22.8 Å². The van der Waals surface area contributed by atoms with Gasteiger partial charge in [-0.05, 0) is 37.6 Å². The Labute approximate surface area is 118 Å². The summed E-state index contributed by atoms with van der Waals surface area (Å²) >= 11 is 0. The Morgan fingerprint density at radius 2 is 2.00 bits per heavy atom.